The molecule has 0 bridgehead atoms. The summed E-state index contributed by atoms with van der Waals surface area (Å²) in [6, 6.07) is -0.0208. The number of carboxylic acids is 1. The lowest BCUT2D eigenvalue weighted by atomic mass is 9.73. The second kappa shape index (κ2) is 5.30. The lowest BCUT2D eigenvalue weighted by Gasteiger charge is -2.36. The molecule has 1 fully saturated rings. The SMILES string of the molecule is COCC(C)N(C)C(=O)C1CCC1C(=O)O. The molecule has 0 aromatic heterocycles. The van der Waals surface area contributed by atoms with Crippen molar-refractivity contribution in [1.82, 2.24) is 4.90 Å². The van der Waals surface area contributed by atoms with Gasteiger partial charge >= 0.3 is 5.97 Å². The fraction of sp³-hybridized carbons (Fsp3) is 0.818. The van der Waals surface area contributed by atoms with Crippen molar-refractivity contribution in [3.8, 4) is 0 Å². The third-order valence-corrected chi connectivity index (χ3v) is 3.33. The van der Waals surface area contributed by atoms with Gasteiger partial charge in [-0.25, -0.2) is 0 Å². The molecular formula is C11H19NO4. The third kappa shape index (κ3) is 2.52. The van der Waals surface area contributed by atoms with Crippen molar-refractivity contribution in [3.05, 3.63) is 0 Å². The van der Waals surface area contributed by atoms with Crippen LogP contribution in [0.4, 0.5) is 0 Å². The lowest BCUT2D eigenvalue weighted by molar-refractivity contribution is -0.157. The van der Waals surface area contributed by atoms with Gasteiger partial charge in [0.05, 0.1) is 24.5 Å². The molecule has 0 spiro atoms. The Morgan fingerprint density at radius 2 is 2.00 bits per heavy atom. The van der Waals surface area contributed by atoms with Gasteiger partial charge in [-0.15, -0.1) is 0 Å². The van der Waals surface area contributed by atoms with Crippen LogP contribution in [0.15, 0.2) is 0 Å². The van der Waals surface area contributed by atoms with Gasteiger partial charge in [-0.2, -0.15) is 0 Å². The number of likely N-dealkylation sites (N-methyl/N-ethyl adjacent to an activating group) is 1. The maximum Gasteiger partial charge on any atom is 0.307 e. The molecule has 3 unspecified atom stereocenters. The Labute approximate surface area is 95.4 Å². The first kappa shape index (κ1) is 13.0. The van der Waals surface area contributed by atoms with E-state index in [1.807, 2.05) is 6.92 Å². The molecule has 1 N–H and O–H groups in total. The van der Waals surface area contributed by atoms with Crippen LogP contribution >= 0.6 is 0 Å². The summed E-state index contributed by atoms with van der Waals surface area (Å²) < 4.78 is 4.97. The molecule has 3 atom stereocenters. The van der Waals surface area contributed by atoms with Gasteiger partial charge in [-0.3, -0.25) is 9.59 Å². The zero-order valence-corrected chi connectivity index (χ0v) is 9.97. The van der Waals surface area contributed by atoms with E-state index in [4.69, 9.17) is 9.84 Å². The lowest BCUT2D eigenvalue weighted by Crippen LogP contribution is -2.48. The standard InChI is InChI=1S/C11H19NO4/c1-7(6-16-3)12(2)10(13)8-4-5-9(8)11(14)15/h7-9H,4-6H2,1-3H3,(H,14,15). The molecule has 1 aliphatic carbocycles. The summed E-state index contributed by atoms with van der Waals surface area (Å²) in [5.41, 5.74) is 0. The Kier molecular flexibility index (Phi) is 4.29. The van der Waals surface area contributed by atoms with E-state index in [2.05, 4.69) is 0 Å². The molecule has 0 radical (unpaired) electrons. The minimum absolute atomic E-state index is 0.0208. The van der Waals surface area contributed by atoms with Crippen molar-refractivity contribution in [2.45, 2.75) is 25.8 Å². The second-order valence-electron chi connectivity index (χ2n) is 4.38. The predicted octanol–water partition coefficient (Wildman–Crippen LogP) is 0.591. The van der Waals surface area contributed by atoms with E-state index in [0.717, 1.165) is 0 Å². The van der Waals surface area contributed by atoms with Gasteiger partial charge in [0.25, 0.3) is 0 Å². The molecule has 0 aromatic carbocycles. The number of carbonyl (C=O) groups excluding carboxylic acids is 1. The van der Waals surface area contributed by atoms with Gasteiger partial charge in [0.15, 0.2) is 0 Å². The molecule has 92 valence electrons. The van der Waals surface area contributed by atoms with E-state index in [9.17, 15) is 9.59 Å². The smallest absolute Gasteiger partial charge is 0.307 e. The van der Waals surface area contributed by atoms with E-state index < -0.39 is 11.9 Å². The van der Waals surface area contributed by atoms with E-state index in [-0.39, 0.29) is 17.9 Å². The van der Waals surface area contributed by atoms with Crippen molar-refractivity contribution in [1.29, 1.82) is 0 Å². The molecule has 5 heteroatoms. The summed E-state index contributed by atoms with van der Waals surface area (Å²) >= 11 is 0. The minimum Gasteiger partial charge on any atom is -0.481 e. The topological polar surface area (TPSA) is 66.8 Å². The van der Waals surface area contributed by atoms with Crippen LogP contribution in [-0.2, 0) is 14.3 Å². The van der Waals surface area contributed by atoms with Gasteiger partial charge in [-0.1, -0.05) is 0 Å². The summed E-state index contributed by atoms with van der Waals surface area (Å²) in [4.78, 5) is 24.4. The highest BCUT2D eigenvalue weighted by molar-refractivity contribution is 5.86. The Balaban J connectivity index is 2.54. The number of carboxylic acid groups (broad SMARTS) is 1. The molecule has 0 saturated heterocycles. The highest BCUT2D eigenvalue weighted by atomic mass is 16.5. The van der Waals surface area contributed by atoms with Crippen LogP contribution in [0, 0.1) is 11.8 Å². The van der Waals surface area contributed by atoms with Crippen molar-refractivity contribution in [3.63, 3.8) is 0 Å². The zero-order chi connectivity index (χ0) is 12.3. The number of amides is 1. The van der Waals surface area contributed by atoms with Gasteiger partial charge in [-0.05, 0) is 19.8 Å². The van der Waals surface area contributed by atoms with Crippen LogP contribution in [-0.4, -0.2) is 48.7 Å². The average Bonchev–Trinajstić information content (AvgIpc) is 2.14. The molecule has 1 saturated carbocycles. The van der Waals surface area contributed by atoms with Crippen LogP contribution in [0.2, 0.25) is 0 Å². The normalized spacial score (nSPS) is 25.7. The fourth-order valence-corrected chi connectivity index (χ4v) is 1.92. The number of rotatable bonds is 5. The van der Waals surface area contributed by atoms with Gasteiger partial charge < -0.3 is 14.7 Å². The molecule has 5 nitrogen and oxygen atoms in total. The Morgan fingerprint density at radius 3 is 2.38 bits per heavy atom. The van der Waals surface area contributed by atoms with Crippen LogP contribution in [0.5, 0.6) is 0 Å². The molecule has 0 aromatic rings. The van der Waals surface area contributed by atoms with Gasteiger partial charge in [0.2, 0.25) is 5.91 Å². The molecule has 16 heavy (non-hydrogen) atoms. The quantitative estimate of drug-likeness (QED) is 0.749. The number of hydrogen-bond acceptors (Lipinski definition) is 3. The third-order valence-electron chi connectivity index (χ3n) is 3.33. The molecule has 1 aliphatic rings. The first-order valence-electron chi connectivity index (χ1n) is 5.47. The minimum atomic E-state index is -0.864. The van der Waals surface area contributed by atoms with E-state index in [1.54, 1.807) is 19.1 Å². The van der Waals surface area contributed by atoms with Crippen molar-refractivity contribution in [2.75, 3.05) is 20.8 Å². The first-order valence-corrected chi connectivity index (χ1v) is 5.47. The molecule has 0 heterocycles. The van der Waals surface area contributed by atoms with Gasteiger partial charge in [0, 0.05) is 14.2 Å². The number of carbonyl (C=O) groups is 2. The summed E-state index contributed by atoms with van der Waals surface area (Å²) in [6.07, 6.45) is 1.29. The van der Waals surface area contributed by atoms with E-state index in [0.29, 0.717) is 19.4 Å². The molecule has 0 aliphatic heterocycles. The number of hydrogen-bond donors (Lipinski definition) is 1. The van der Waals surface area contributed by atoms with Crippen molar-refractivity contribution < 1.29 is 19.4 Å². The maximum atomic E-state index is 12.0. The van der Waals surface area contributed by atoms with E-state index >= 15 is 0 Å². The Morgan fingerprint density at radius 1 is 1.44 bits per heavy atom. The second-order valence-corrected chi connectivity index (χ2v) is 4.38. The molecule has 1 rings (SSSR count). The van der Waals surface area contributed by atoms with Crippen LogP contribution in [0.1, 0.15) is 19.8 Å². The highest BCUT2D eigenvalue weighted by Gasteiger charge is 2.43. The number of aliphatic carboxylic acids is 1. The fourth-order valence-electron chi connectivity index (χ4n) is 1.92. The summed E-state index contributed by atoms with van der Waals surface area (Å²) in [6.45, 7) is 2.35. The number of ether oxygens (including phenoxy) is 1. The summed E-state index contributed by atoms with van der Waals surface area (Å²) in [5.74, 6) is -1.79. The predicted molar refractivity (Wildman–Crippen MR) is 58.0 cm³/mol. The number of nitrogens with zero attached hydrogens (tertiary/aromatic N) is 1. The number of methoxy groups -OCH3 is 1. The Bertz CT molecular complexity index is 279. The molecule has 1 amide bonds. The van der Waals surface area contributed by atoms with E-state index in [1.165, 1.54) is 0 Å². The van der Waals surface area contributed by atoms with Crippen LogP contribution < -0.4 is 0 Å². The Hall–Kier alpha value is -1.10. The molecular weight excluding hydrogens is 210 g/mol. The maximum absolute atomic E-state index is 12.0. The van der Waals surface area contributed by atoms with Crippen molar-refractivity contribution >= 4 is 11.9 Å². The first-order chi connectivity index (χ1) is 7.49. The van der Waals surface area contributed by atoms with Crippen LogP contribution in [0.25, 0.3) is 0 Å². The van der Waals surface area contributed by atoms with Crippen molar-refractivity contribution in [2.24, 2.45) is 11.8 Å². The largest absolute Gasteiger partial charge is 0.481 e. The average molecular weight is 229 g/mol. The summed E-state index contributed by atoms with van der Waals surface area (Å²) in [5, 5.41) is 8.88. The van der Waals surface area contributed by atoms with Gasteiger partial charge in [0.1, 0.15) is 0 Å². The van der Waals surface area contributed by atoms with Crippen LogP contribution in [0.3, 0.4) is 0 Å². The monoisotopic (exact) mass is 229 g/mol. The zero-order valence-electron chi connectivity index (χ0n) is 9.97. The summed E-state index contributed by atoms with van der Waals surface area (Å²) in [7, 11) is 3.28. The highest BCUT2D eigenvalue weighted by Crippen LogP contribution is 2.35.